The Bertz CT molecular complexity index is 421. The van der Waals surface area contributed by atoms with Gasteiger partial charge in [0, 0.05) is 0 Å². The van der Waals surface area contributed by atoms with Crippen molar-refractivity contribution in [2.24, 2.45) is 5.14 Å². The van der Waals surface area contributed by atoms with Crippen molar-refractivity contribution in [2.45, 2.75) is 23.7 Å². The molecule has 0 aromatic heterocycles. The number of hydrogen-bond donors (Lipinski definition) is 1. The number of benzene rings is 1. The van der Waals surface area contributed by atoms with Gasteiger partial charge in [-0.25, -0.2) is 13.6 Å². The Morgan fingerprint density at radius 3 is 2.54 bits per heavy atom. The van der Waals surface area contributed by atoms with Crippen molar-refractivity contribution >= 4 is 10.0 Å². The average Bonchev–Trinajstić information content (AvgIpc) is 2.85. The third kappa shape index (κ3) is 1.89. The minimum Gasteiger partial charge on any atom is -0.225 e. The maximum Gasteiger partial charge on any atom is 0.238 e. The van der Waals surface area contributed by atoms with Gasteiger partial charge in [0.05, 0.1) is 4.90 Å². The number of nitrogens with two attached hydrogens (primary N) is 1. The zero-order valence-corrected chi connectivity index (χ0v) is 7.92. The van der Waals surface area contributed by atoms with E-state index in [-0.39, 0.29) is 4.90 Å². The fourth-order valence-electron chi connectivity index (χ4n) is 1.36. The second kappa shape index (κ2) is 2.82. The van der Waals surface area contributed by atoms with Crippen molar-refractivity contribution in [1.82, 2.24) is 0 Å². The minimum absolute atomic E-state index is 0.219. The van der Waals surface area contributed by atoms with Crippen molar-refractivity contribution in [3.63, 3.8) is 0 Å². The molecule has 0 atom stereocenters. The van der Waals surface area contributed by atoms with Crippen molar-refractivity contribution in [1.29, 1.82) is 0 Å². The standard InChI is InChI=1S/C9H11NO2S/c10-13(11,12)9-3-1-2-8(6-9)7-4-5-7/h1-3,6-7H,4-5H2,(H2,10,11,12). The normalized spacial score (nSPS) is 17.3. The van der Waals surface area contributed by atoms with Gasteiger partial charge in [-0.3, -0.25) is 0 Å². The van der Waals surface area contributed by atoms with Crippen molar-refractivity contribution in [3.05, 3.63) is 29.8 Å². The molecule has 70 valence electrons. The van der Waals surface area contributed by atoms with Gasteiger partial charge in [-0.15, -0.1) is 0 Å². The maximum atomic E-state index is 11.0. The van der Waals surface area contributed by atoms with Gasteiger partial charge >= 0.3 is 0 Å². The number of rotatable bonds is 2. The highest BCUT2D eigenvalue weighted by atomic mass is 32.2. The van der Waals surface area contributed by atoms with Crippen molar-refractivity contribution < 1.29 is 8.42 Å². The Hall–Kier alpha value is -0.870. The molecule has 4 heteroatoms. The molecule has 1 aromatic carbocycles. The molecule has 3 nitrogen and oxygen atoms in total. The first-order chi connectivity index (χ1) is 6.07. The molecule has 0 heterocycles. The Morgan fingerprint density at radius 1 is 1.31 bits per heavy atom. The van der Waals surface area contributed by atoms with Gasteiger partial charge in [0.15, 0.2) is 0 Å². The summed E-state index contributed by atoms with van der Waals surface area (Å²) in [7, 11) is -3.53. The summed E-state index contributed by atoms with van der Waals surface area (Å²) in [5.41, 5.74) is 1.09. The van der Waals surface area contributed by atoms with E-state index in [1.807, 2.05) is 6.07 Å². The van der Waals surface area contributed by atoms with Gasteiger partial charge in [-0.2, -0.15) is 0 Å². The predicted molar refractivity (Wildman–Crippen MR) is 49.8 cm³/mol. The van der Waals surface area contributed by atoms with E-state index in [4.69, 9.17) is 5.14 Å². The molecule has 13 heavy (non-hydrogen) atoms. The number of primary sulfonamides is 1. The Kier molecular flexibility index (Phi) is 1.89. The van der Waals surface area contributed by atoms with Crippen LogP contribution in [-0.2, 0) is 10.0 Å². The van der Waals surface area contributed by atoms with Gasteiger partial charge in [-0.05, 0) is 36.5 Å². The molecule has 0 unspecified atom stereocenters. The summed E-state index contributed by atoms with van der Waals surface area (Å²) in [5.74, 6) is 0.557. The van der Waals surface area contributed by atoms with E-state index >= 15 is 0 Å². The Balaban J connectivity index is 2.43. The van der Waals surface area contributed by atoms with E-state index in [0.29, 0.717) is 5.92 Å². The molecule has 1 aliphatic rings. The lowest BCUT2D eigenvalue weighted by Gasteiger charge is -2.01. The molecule has 0 aliphatic heterocycles. The molecular weight excluding hydrogens is 186 g/mol. The summed E-state index contributed by atoms with van der Waals surface area (Å²) in [6.07, 6.45) is 2.32. The molecule has 0 amide bonds. The Morgan fingerprint density at radius 2 is 2.00 bits per heavy atom. The van der Waals surface area contributed by atoms with Crippen LogP contribution in [0.1, 0.15) is 24.3 Å². The fraction of sp³-hybridized carbons (Fsp3) is 0.333. The third-order valence-electron chi connectivity index (χ3n) is 2.24. The molecule has 0 radical (unpaired) electrons. The molecule has 1 aromatic rings. The fourth-order valence-corrected chi connectivity index (χ4v) is 1.93. The van der Waals surface area contributed by atoms with Crippen molar-refractivity contribution in [3.8, 4) is 0 Å². The molecule has 2 rings (SSSR count). The second-order valence-electron chi connectivity index (χ2n) is 3.39. The lowest BCUT2D eigenvalue weighted by atomic mass is 10.1. The molecule has 0 bridgehead atoms. The highest BCUT2D eigenvalue weighted by Crippen LogP contribution is 2.40. The smallest absolute Gasteiger partial charge is 0.225 e. The van der Waals surface area contributed by atoms with Crippen LogP contribution in [-0.4, -0.2) is 8.42 Å². The van der Waals surface area contributed by atoms with Crippen molar-refractivity contribution in [2.75, 3.05) is 0 Å². The highest BCUT2D eigenvalue weighted by Gasteiger charge is 2.24. The summed E-state index contributed by atoms with van der Waals surface area (Å²) in [6.45, 7) is 0. The van der Waals surface area contributed by atoms with Crippen LogP contribution in [0.25, 0.3) is 0 Å². The first-order valence-corrected chi connectivity index (χ1v) is 5.75. The van der Waals surface area contributed by atoms with Crippen LogP contribution in [0, 0.1) is 0 Å². The maximum absolute atomic E-state index is 11.0. The molecule has 1 fully saturated rings. The topological polar surface area (TPSA) is 60.2 Å². The average molecular weight is 197 g/mol. The minimum atomic E-state index is -3.53. The summed E-state index contributed by atoms with van der Waals surface area (Å²) in [4.78, 5) is 0.219. The highest BCUT2D eigenvalue weighted by molar-refractivity contribution is 7.89. The zero-order chi connectivity index (χ0) is 9.47. The van der Waals surface area contributed by atoms with E-state index in [2.05, 4.69) is 0 Å². The first kappa shape index (κ1) is 8.72. The lowest BCUT2D eigenvalue weighted by Crippen LogP contribution is -2.12. The Labute approximate surface area is 77.6 Å². The molecule has 2 N–H and O–H groups in total. The van der Waals surface area contributed by atoms with E-state index in [1.54, 1.807) is 12.1 Å². The lowest BCUT2D eigenvalue weighted by molar-refractivity contribution is 0.597. The van der Waals surface area contributed by atoms with Crippen LogP contribution in [0.2, 0.25) is 0 Å². The van der Waals surface area contributed by atoms with Gasteiger partial charge in [-0.1, -0.05) is 12.1 Å². The van der Waals surface area contributed by atoms with Crippen LogP contribution >= 0.6 is 0 Å². The van der Waals surface area contributed by atoms with Crippen LogP contribution in [0.5, 0.6) is 0 Å². The summed E-state index contributed by atoms with van der Waals surface area (Å²) in [5, 5.41) is 5.02. The van der Waals surface area contributed by atoms with Gasteiger partial charge in [0.1, 0.15) is 0 Å². The summed E-state index contributed by atoms with van der Waals surface area (Å²) in [6, 6.07) is 6.90. The summed E-state index contributed by atoms with van der Waals surface area (Å²) < 4.78 is 22.0. The molecule has 0 saturated heterocycles. The largest absolute Gasteiger partial charge is 0.238 e. The molecule has 1 aliphatic carbocycles. The van der Waals surface area contributed by atoms with E-state index in [9.17, 15) is 8.42 Å². The second-order valence-corrected chi connectivity index (χ2v) is 4.95. The monoisotopic (exact) mass is 197 g/mol. The van der Waals surface area contributed by atoms with Gasteiger partial charge < -0.3 is 0 Å². The SMILES string of the molecule is NS(=O)(=O)c1cccc(C2CC2)c1. The van der Waals surface area contributed by atoms with Gasteiger partial charge in [0.25, 0.3) is 0 Å². The van der Waals surface area contributed by atoms with Gasteiger partial charge in [0.2, 0.25) is 10.0 Å². The predicted octanol–water partition coefficient (Wildman–Crippen LogP) is 1.21. The number of sulfonamides is 1. The zero-order valence-electron chi connectivity index (χ0n) is 7.10. The quantitative estimate of drug-likeness (QED) is 0.774. The first-order valence-electron chi connectivity index (χ1n) is 4.20. The van der Waals surface area contributed by atoms with E-state index < -0.39 is 10.0 Å². The van der Waals surface area contributed by atoms with Crippen LogP contribution in [0.3, 0.4) is 0 Å². The van der Waals surface area contributed by atoms with Crippen LogP contribution in [0.4, 0.5) is 0 Å². The molecule has 1 saturated carbocycles. The molecule has 0 spiro atoms. The summed E-state index contributed by atoms with van der Waals surface area (Å²) >= 11 is 0. The van der Waals surface area contributed by atoms with E-state index in [0.717, 1.165) is 18.4 Å². The van der Waals surface area contributed by atoms with Crippen LogP contribution in [0.15, 0.2) is 29.2 Å². The third-order valence-corrected chi connectivity index (χ3v) is 3.15. The van der Waals surface area contributed by atoms with Crippen LogP contribution < -0.4 is 5.14 Å². The molecular formula is C9H11NO2S. The number of hydrogen-bond acceptors (Lipinski definition) is 2. The van der Waals surface area contributed by atoms with E-state index in [1.165, 1.54) is 6.07 Å².